The standard InChI is InChI=1S/C22H28BrN3O3.ClH/c23-17-6-3-14(11-25-17)26-20(27)18-15-4-5-16(22(15)7-8-22)19(18)21(28)29-12-13-2-1-9-24-10-13;/h3,6,11,13,15-16,18-19,24H,1-2,4-5,7-10,12H2,(H,26,27);1H/t13?,15-,16+,18+,19+;/m0./s1. The lowest BCUT2D eigenvalue weighted by Crippen LogP contribution is -2.40. The lowest BCUT2D eigenvalue weighted by molar-refractivity contribution is -0.156. The molecule has 1 saturated heterocycles. The van der Waals surface area contributed by atoms with Crippen molar-refractivity contribution in [3.05, 3.63) is 22.9 Å². The van der Waals surface area contributed by atoms with E-state index in [4.69, 9.17) is 4.74 Å². The van der Waals surface area contributed by atoms with Gasteiger partial charge in [-0.1, -0.05) is 0 Å². The molecule has 4 fully saturated rings. The summed E-state index contributed by atoms with van der Waals surface area (Å²) in [5.41, 5.74) is 0.891. The third-order valence-electron chi connectivity index (χ3n) is 7.78. The molecule has 2 bridgehead atoms. The van der Waals surface area contributed by atoms with Gasteiger partial charge in [0.15, 0.2) is 0 Å². The molecular formula is C22H29BrClN3O3. The van der Waals surface area contributed by atoms with Crippen LogP contribution in [0, 0.1) is 35.0 Å². The highest BCUT2D eigenvalue weighted by Gasteiger charge is 2.72. The molecule has 0 aromatic carbocycles. The molecule has 5 atom stereocenters. The van der Waals surface area contributed by atoms with Crippen LogP contribution in [0.4, 0.5) is 5.69 Å². The summed E-state index contributed by atoms with van der Waals surface area (Å²) in [7, 11) is 0. The largest absolute Gasteiger partial charge is 0.465 e. The molecule has 1 amide bonds. The zero-order chi connectivity index (χ0) is 20.0. The molecule has 6 nitrogen and oxygen atoms in total. The maximum atomic E-state index is 13.3. The Balaban J connectivity index is 0.00000218. The number of pyridine rings is 1. The number of amides is 1. The molecule has 2 N–H and O–H groups in total. The molecule has 2 heterocycles. The Morgan fingerprint density at radius 2 is 1.97 bits per heavy atom. The number of carbonyl (C=O) groups excluding carboxylic acids is 2. The summed E-state index contributed by atoms with van der Waals surface area (Å²) in [6.07, 6.45) is 8.29. The number of piperidine rings is 1. The van der Waals surface area contributed by atoms with Gasteiger partial charge in [0, 0.05) is 12.5 Å². The molecule has 4 aliphatic rings. The number of halogens is 2. The molecule has 1 aromatic heterocycles. The molecule has 164 valence electrons. The molecule has 1 aromatic rings. The topological polar surface area (TPSA) is 80.3 Å². The molecule has 8 heteroatoms. The zero-order valence-corrected chi connectivity index (χ0v) is 19.3. The molecule has 1 aliphatic heterocycles. The molecule has 5 rings (SSSR count). The Hall–Kier alpha value is -1.18. The molecular weight excluding hydrogens is 470 g/mol. The number of aromatic nitrogens is 1. The molecule has 1 unspecified atom stereocenters. The van der Waals surface area contributed by atoms with Crippen molar-refractivity contribution in [2.24, 2.45) is 35.0 Å². The number of ether oxygens (including phenoxy) is 1. The number of rotatable bonds is 5. The first kappa shape index (κ1) is 22.0. The van der Waals surface area contributed by atoms with E-state index >= 15 is 0 Å². The summed E-state index contributed by atoms with van der Waals surface area (Å²) >= 11 is 3.32. The maximum absolute atomic E-state index is 13.3. The van der Waals surface area contributed by atoms with E-state index in [0.29, 0.717) is 30.0 Å². The highest BCUT2D eigenvalue weighted by molar-refractivity contribution is 9.10. The average molecular weight is 499 g/mol. The van der Waals surface area contributed by atoms with Crippen LogP contribution < -0.4 is 10.6 Å². The van der Waals surface area contributed by atoms with Crippen LogP contribution in [0.2, 0.25) is 0 Å². The van der Waals surface area contributed by atoms with E-state index in [0.717, 1.165) is 56.2 Å². The predicted molar refractivity (Wildman–Crippen MR) is 119 cm³/mol. The summed E-state index contributed by atoms with van der Waals surface area (Å²) in [5.74, 6) is 0.237. The van der Waals surface area contributed by atoms with Crippen molar-refractivity contribution in [3.63, 3.8) is 0 Å². The van der Waals surface area contributed by atoms with E-state index in [1.165, 1.54) is 0 Å². The van der Waals surface area contributed by atoms with Crippen LogP contribution in [-0.4, -0.2) is 36.6 Å². The maximum Gasteiger partial charge on any atom is 0.310 e. The minimum Gasteiger partial charge on any atom is -0.465 e. The van der Waals surface area contributed by atoms with Crippen molar-refractivity contribution in [1.82, 2.24) is 10.3 Å². The van der Waals surface area contributed by atoms with Crippen molar-refractivity contribution < 1.29 is 14.3 Å². The average Bonchev–Trinajstić information content (AvgIpc) is 3.41. The zero-order valence-electron chi connectivity index (χ0n) is 16.9. The van der Waals surface area contributed by atoms with Crippen LogP contribution >= 0.6 is 28.3 Å². The Labute approximate surface area is 191 Å². The minimum atomic E-state index is -0.295. The third-order valence-corrected chi connectivity index (χ3v) is 8.25. The highest BCUT2D eigenvalue weighted by Crippen LogP contribution is 2.74. The van der Waals surface area contributed by atoms with Gasteiger partial charge in [0.05, 0.1) is 30.3 Å². The molecule has 3 saturated carbocycles. The number of nitrogens with one attached hydrogen (secondary N) is 2. The smallest absolute Gasteiger partial charge is 0.310 e. The second-order valence-corrected chi connectivity index (χ2v) is 10.1. The van der Waals surface area contributed by atoms with Crippen molar-refractivity contribution in [3.8, 4) is 0 Å². The van der Waals surface area contributed by atoms with Crippen molar-refractivity contribution in [2.45, 2.75) is 38.5 Å². The predicted octanol–water partition coefficient (Wildman–Crippen LogP) is 3.80. The van der Waals surface area contributed by atoms with Crippen LogP contribution in [0.1, 0.15) is 38.5 Å². The normalized spacial score (nSPS) is 33.0. The van der Waals surface area contributed by atoms with Crippen molar-refractivity contribution in [2.75, 3.05) is 25.0 Å². The van der Waals surface area contributed by atoms with E-state index < -0.39 is 0 Å². The molecule has 1 spiro atoms. The van der Waals surface area contributed by atoms with E-state index in [1.54, 1.807) is 6.20 Å². The fraction of sp³-hybridized carbons (Fsp3) is 0.682. The van der Waals surface area contributed by atoms with Gasteiger partial charge in [-0.15, -0.1) is 12.4 Å². The highest BCUT2D eigenvalue weighted by atomic mass is 79.9. The van der Waals surface area contributed by atoms with Crippen LogP contribution in [0.25, 0.3) is 0 Å². The van der Waals surface area contributed by atoms with E-state index in [1.807, 2.05) is 12.1 Å². The number of hydrogen-bond donors (Lipinski definition) is 2. The van der Waals surface area contributed by atoms with Gasteiger partial charge in [-0.05, 0) is 90.4 Å². The lowest BCUT2D eigenvalue weighted by Gasteiger charge is -2.29. The van der Waals surface area contributed by atoms with Crippen LogP contribution in [0.5, 0.6) is 0 Å². The van der Waals surface area contributed by atoms with Gasteiger partial charge in [-0.3, -0.25) is 9.59 Å². The van der Waals surface area contributed by atoms with Gasteiger partial charge < -0.3 is 15.4 Å². The summed E-state index contributed by atoms with van der Waals surface area (Å²) in [5, 5.41) is 6.38. The number of nitrogens with zero attached hydrogens (tertiary/aromatic N) is 1. The first-order valence-electron chi connectivity index (χ1n) is 10.9. The van der Waals surface area contributed by atoms with Crippen LogP contribution in [0.3, 0.4) is 0 Å². The fourth-order valence-corrected chi connectivity index (χ4v) is 6.60. The van der Waals surface area contributed by atoms with Gasteiger partial charge in [0.2, 0.25) is 5.91 Å². The summed E-state index contributed by atoms with van der Waals surface area (Å²) in [6, 6.07) is 3.64. The SMILES string of the molecule is Cl.O=C(OCC1CCCNC1)[C@H]1[C@H](C(=O)Nc2ccc(Br)nc2)[C@@H]2CC[C@H]1C21CC1. The Bertz CT molecular complexity index is 795. The summed E-state index contributed by atoms with van der Waals surface area (Å²) < 4.78 is 6.54. The first-order valence-corrected chi connectivity index (χ1v) is 11.7. The fourth-order valence-electron chi connectivity index (χ4n) is 6.36. The molecule has 30 heavy (non-hydrogen) atoms. The van der Waals surface area contributed by atoms with Gasteiger partial charge in [-0.2, -0.15) is 0 Å². The van der Waals surface area contributed by atoms with Gasteiger partial charge in [0.25, 0.3) is 0 Å². The summed E-state index contributed by atoms with van der Waals surface area (Å²) in [6.45, 7) is 2.43. The van der Waals surface area contributed by atoms with E-state index in [-0.39, 0.29) is 41.5 Å². The number of esters is 1. The lowest BCUT2D eigenvalue weighted by atomic mass is 9.78. The first-order chi connectivity index (χ1) is 14.1. The van der Waals surface area contributed by atoms with Gasteiger partial charge in [-0.25, -0.2) is 4.98 Å². The summed E-state index contributed by atoms with van der Waals surface area (Å²) in [4.78, 5) is 30.6. The monoisotopic (exact) mass is 497 g/mol. The number of hydrogen-bond acceptors (Lipinski definition) is 5. The molecule has 3 aliphatic carbocycles. The Morgan fingerprint density at radius 3 is 2.60 bits per heavy atom. The van der Waals surface area contributed by atoms with E-state index in [9.17, 15) is 9.59 Å². The second-order valence-electron chi connectivity index (χ2n) is 9.28. The van der Waals surface area contributed by atoms with E-state index in [2.05, 4.69) is 31.5 Å². The van der Waals surface area contributed by atoms with Gasteiger partial charge >= 0.3 is 5.97 Å². The van der Waals surface area contributed by atoms with Crippen LogP contribution in [0.15, 0.2) is 22.9 Å². The van der Waals surface area contributed by atoms with Crippen molar-refractivity contribution >= 4 is 45.9 Å². The van der Waals surface area contributed by atoms with Crippen molar-refractivity contribution in [1.29, 1.82) is 0 Å². The minimum absolute atomic E-state index is 0. The third kappa shape index (κ3) is 3.89. The molecule has 0 radical (unpaired) electrons. The Kier molecular flexibility index (Phi) is 6.43. The second kappa shape index (κ2) is 8.75. The quantitative estimate of drug-likeness (QED) is 0.477. The Morgan fingerprint density at radius 1 is 1.20 bits per heavy atom. The number of anilines is 1. The van der Waals surface area contributed by atoms with Gasteiger partial charge in [0.1, 0.15) is 4.60 Å². The van der Waals surface area contributed by atoms with Crippen LogP contribution in [-0.2, 0) is 14.3 Å². The number of carbonyl (C=O) groups is 2.